The molecule has 3 aromatic carbocycles. The van der Waals surface area contributed by atoms with Crippen molar-refractivity contribution in [2.75, 3.05) is 4.72 Å². The van der Waals surface area contributed by atoms with E-state index in [9.17, 15) is 13.2 Å². The molecule has 1 atom stereocenters. The molecule has 1 aliphatic rings. The summed E-state index contributed by atoms with van der Waals surface area (Å²) in [6.07, 6.45) is 2.29. The molecule has 0 spiro atoms. The first-order valence-electron chi connectivity index (χ1n) is 12.4. The molecule has 0 saturated carbocycles. The number of carbonyl (C=O) groups excluding carboxylic acids is 1. The van der Waals surface area contributed by atoms with Crippen molar-refractivity contribution in [1.82, 2.24) is 5.32 Å². The SMILES string of the molecule is CCC1(CC)C[C@@H](NC(=O)c2ccc(C)c(S(=O)(=O)Nc3cc(C)cc(C)c3)c2)c2ccccc2O1. The lowest BCUT2D eigenvalue weighted by Gasteiger charge is -2.41. The van der Waals surface area contributed by atoms with Crippen molar-refractivity contribution >= 4 is 21.6 Å². The molecule has 6 nitrogen and oxygen atoms in total. The van der Waals surface area contributed by atoms with Gasteiger partial charge in [-0.3, -0.25) is 9.52 Å². The zero-order valence-electron chi connectivity index (χ0n) is 21.5. The smallest absolute Gasteiger partial charge is 0.262 e. The summed E-state index contributed by atoms with van der Waals surface area (Å²) in [5.74, 6) is 0.461. The number of hydrogen-bond acceptors (Lipinski definition) is 4. The van der Waals surface area contributed by atoms with E-state index in [1.165, 1.54) is 6.07 Å². The van der Waals surface area contributed by atoms with Gasteiger partial charge in [0.1, 0.15) is 11.4 Å². The molecule has 7 heteroatoms. The second kappa shape index (κ2) is 9.97. The third-order valence-corrected chi connectivity index (χ3v) is 8.53. The molecule has 0 bridgehead atoms. The molecule has 2 N–H and O–H groups in total. The fraction of sp³-hybridized carbons (Fsp3) is 0.345. The van der Waals surface area contributed by atoms with E-state index >= 15 is 0 Å². The molecule has 0 saturated heterocycles. The number of nitrogens with one attached hydrogen (secondary N) is 2. The Labute approximate surface area is 214 Å². The van der Waals surface area contributed by atoms with Crippen LogP contribution in [0, 0.1) is 20.8 Å². The van der Waals surface area contributed by atoms with E-state index in [0.717, 1.165) is 35.3 Å². The number of aryl methyl sites for hydroxylation is 3. The highest BCUT2D eigenvalue weighted by Gasteiger charge is 2.39. The molecule has 3 aromatic rings. The molecule has 36 heavy (non-hydrogen) atoms. The summed E-state index contributed by atoms with van der Waals surface area (Å²) in [6, 6.07) is 17.9. The molecule has 0 fully saturated rings. The van der Waals surface area contributed by atoms with Gasteiger partial charge in [0, 0.05) is 23.2 Å². The Morgan fingerprint density at radius 3 is 2.31 bits per heavy atom. The first-order valence-corrected chi connectivity index (χ1v) is 13.8. The number of para-hydroxylation sites is 1. The number of carbonyl (C=O) groups is 1. The van der Waals surface area contributed by atoms with Crippen LogP contribution >= 0.6 is 0 Å². The van der Waals surface area contributed by atoms with E-state index in [-0.39, 0.29) is 22.4 Å². The predicted octanol–water partition coefficient (Wildman–Crippen LogP) is 6.23. The lowest BCUT2D eigenvalue weighted by atomic mass is 9.83. The lowest BCUT2D eigenvalue weighted by Crippen LogP contribution is -2.44. The predicted molar refractivity (Wildman–Crippen MR) is 143 cm³/mol. The van der Waals surface area contributed by atoms with E-state index < -0.39 is 10.0 Å². The van der Waals surface area contributed by atoms with Crippen molar-refractivity contribution in [2.45, 2.75) is 70.4 Å². The summed E-state index contributed by atoms with van der Waals surface area (Å²) in [5, 5.41) is 3.14. The number of benzene rings is 3. The number of sulfonamides is 1. The largest absolute Gasteiger partial charge is 0.487 e. The number of rotatable bonds is 7. The summed E-state index contributed by atoms with van der Waals surface area (Å²) in [6.45, 7) is 9.75. The highest BCUT2D eigenvalue weighted by molar-refractivity contribution is 7.92. The summed E-state index contributed by atoms with van der Waals surface area (Å²) < 4.78 is 35.6. The molecule has 1 heterocycles. The maximum atomic E-state index is 13.4. The van der Waals surface area contributed by atoms with Gasteiger partial charge in [0.25, 0.3) is 15.9 Å². The Balaban J connectivity index is 1.62. The third kappa shape index (κ3) is 5.26. The molecule has 0 unspecified atom stereocenters. The number of ether oxygens (including phenoxy) is 1. The van der Waals surface area contributed by atoms with Crippen molar-refractivity contribution < 1.29 is 17.9 Å². The maximum absolute atomic E-state index is 13.4. The van der Waals surface area contributed by atoms with Gasteiger partial charge in [-0.25, -0.2) is 8.42 Å². The van der Waals surface area contributed by atoms with Gasteiger partial charge >= 0.3 is 0 Å². The van der Waals surface area contributed by atoms with E-state index in [1.807, 2.05) is 44.2 Å². The lowest BCUT2D eigenvalue weighted by molar-refractivity contribution is 0.0227. The zero-order valence-corrected chi connectivity index (χ0v) is 22.3. The summed E-state index contributed by atoms with van der Waals surface area (Å²) >= 11 is 0. The van der Waals surface area contributed by atoms with Crippen LogP contribution in [0.15, 0.2) is 65.6 Å². The second-order valence-electron chi connectivity index (χ2n) is 9.72. The van der Waals surface area contributed by atoms with Crippen LogP contribution in [0.5, 0.6) is 5.75 Å². The van der Waals surface area contributed by atoms with Gasteiger partial charge in [-0.1, -0.05) is 44.2 Å². The van der Waals surface area contributed by atoms with Crippen molar-refractivity contribution in [1.29, 1.82) is 0 Å². The number of fused-ring (bicyclic) bond motifs is 1. The van der Waals surface area contributed by atoms with Gasteiger partial charge in [0.2, 0.25) is 0 Å². The van der Waals surface area contributed by atoms with E-state index in [4.69, 9.17) is 4.74 Å². The molecule has 4 rings (SSSR count). The molecular weight excluding hydrogens is 472 g/mol. The Kier molecular flexibility index (Phi) is 7.14. The quantitative estimate of drug-likeness (QED) is 0.398. The van der Waals surface area contributed by atoms with Gasteiger partial charge in [-0.15, -0.1) is 0 Å². The Morgan fingerprint density at radius 1 is 0.972 bits per heavy atom. The normalized spacial score (nSPS) is 16.5. The number of anilines is 1. The molecule has 190 valence electrons. The zero-order chi connectivity index (χ0) is 26.1. The van der Waals surface area contributed by atoms with Crippen LogP contribution in [0.1, 0.15) is 71.8 Å². The summed E-state index contributed by atoms with van der Waals surface area (Å²) in [4.78, 5) is 13.5. The summed E-state index contributed by atoms with van der Waals surface area (Å²) in [7, 11) is -3.89. The van der Waals surface area contributed by atoms with Gasteiger partial charge in [0.15, 0.2) is 0 Å². The van der Waals surface area contributed by atoms with Crippen LogP contribution in [0.2, 0.25) is 0 Å². The molecular formula is C29H34N2O4S. The average molecular weight is 507 g/mol. The van der Waals surface area contributed by atoms with Crippen LogP contribution < -0.4 is 14.8 Å². The van der Waals surface area contributed by atoms with Crippen molar-refractivity contribution in [3.8, 4) is 5.75 Å². The fourth-order valence-electron chi connectivity index (χ4n) is 4.95. The van der Waals surface area contributed by atoms with Crippen molar-refractivity contribution in [2.24, 2.45) is 0 Å². The van der Waals surface area contributed by atoms with Crippen LogP contribution in [0.3, 0.4) is 0 Å². The van der Waals surface area contributed by atoms with Crippen molar-refractivity contribution in [3.63, 3.8) is 0 Å². The van der Waals surface area contributed by atoms with Crippen LogP contribution in [0.4, 0.5) is 5.69 Å². The van der Waals surface area contributed by atoms with Crippen molar-refractivity contribution in [3.05, 3.63) is 88.5 Å². The highest BCUT2D eigenvalue weighted by atomic mass is 32.2. The van der Waals surface area contributed by atoms with Crippen LogP contribution in [-0.2, 0) is 10.0 Å². The van der Waals surface area contributed by atoms with Crippen LogP contribution in [-0.4, -0.2) is 19.9 Å². The monoisotopic (exact) mass is 506 g/mol. The van der Waals surface area contributed by atoms with E-state index in [0.29, 0.717) is 23.2 Å². The maximum Gasteiger partial charge on any atom is 0.262 e. The standard InChI is InChI=1S/C29H34N2O4S/c1-6-29(7-2)18-25(24-10-8-9-11-26(24)35-29)30-28(32)22-13-12-21(5)27(17-22)36(33,34)31-23-15-19(3)14-20(4)16-23/h8-17,25,31H,6-7,18H2,1-5H3,(H,30,32)/t25-/m1/s1. The average Bonchev–Trinajstić information content (AvgIpc) is 2.83. The Morgan fingerprint density at radius 2 is 1.64 bits per heavy atom. The second-order valence-corrected chi connectivity index (χ2v) is 11.4. The van der Waals surface area contributed by atoms with E-state index in [2.05, 4.69) is 23.9 Å². The topological polar surface area (TPSA) is 84.5 Å². The molecule has 1 amide bonds. The fourth-order valence-corrected chi connectivity index (χ4v) is 6.26. The van der Waals surface area contributed by atoms with Gasteiger partial charge in [-0.2, -0.15) is 0 Å². The minimum atomic E-state index is -3.89. The van der Waals surface area contributed by atoms with Gasteiger partial charge < -0.3 is 10.1 Å². The van der Waals surface area contributed by atoms with Gasteiger partial charge in [-0.05, 0) is 80.6 Å². The minimum absolute atomic E-state index is 0.0816. The summed E-state index contributed by atoms with van der Waals surface area (Å²) in [5.41, 5.74) is 3.86. The molecule has 1 aliphatic heterocycles. The third-order valence-electron chi connectivity index (χ3n) is 7.00. The first-order chi connectivity index (χ1) is 17.1. The highest BCUT2D eigenvalue weighted by Crippen LogP contribution is 2.42. The van der Waals surface area contributed by atoms with E-state index in [1.54, 1.807) is 31.2 Å². The van der Waals surface area contributed by atoms with Crippen LogP contribution in [0.25, 0.3) is 0 Å². The molecule has 0 radical (unpaired) electrons. The minimum Gasteiger partial charge on any atom is -0.487 e. The first kappa shape index (κ1) is 25.8. The molecule has 0 aliphatic carbocycles. The number of hydrogen-bond donors (Lipinski definition) is 2. The number of amides is 1. The molecule has 0 aromatic heterocycles. The Bertz CT molecular complexity index is 1370. The van der Waals surface area contributed by atoms with Gasteiger partial charge in [0.05, 0.1) is 10.9 Å². The Hall–Kier alpha value is -3.32.